The van der Waals surface area contributed by atoms with Gasteiger partial charge in [0.05, 0.1) is 19.6 Å². The average molecular weight is 900 g/mol. The van der Waals surface area contributed by atoms with E-state index in [0.717, 1.165) is 66.0 Å². The third kappa shape index (κ3) is 10.3. The summed E-state index contributed by atoms with van der Waals surface area (Å²) in [5, 5.41) is 20.2. The SMILES string of the molecule is CNC(=O)c1ncc(-c2cccc(CC(=O)NCCCOc3ccc4c(c3)C3(CCC(Nc5cccc(Cl)c5)(C(=O)O)CC3)[C@@H](C[C@@H](C)COc3ccnc5c3[C@H](C)CCC5)C4)c2)cn1. The van der Waals surface area contributed by atoms with Crippen molar-refractivity contribution < 1.29 is 29.0 Å². The van der Waals surface area contributed by atoms with Crippen LogP contribution in [0.1, 0.15) is 110 Å². The van der Waals surface area contributed by atoms with E-state index in [1.165, 1.54) is 23.7 Å². The number of carboxylic acid groups (broad SMARTS) is 1. The Kier molecular flexibility index (Phi) is 14.0. The van der Waals surface area contributed by atoms with E-state index >= 15 is 0 Å². The Balaban J connectivity index is 0.910. The average Bonchev–Trinajstić information content (AvgIpc) is 3.59. The summed E-state index contributed by atoms with van der Waals surface area (Å²) in [6.45, 7) is 6.03. The van der Waals surface area contributed by atoms with E-state index in [-0.39, 0.29) is 35.4 Å². The molecule has 2 aromatic heterocycles. The van der Waals surface area contributed by atoms with Gasteiger partial charge >= 0.3 is 5.97 Å². The predicted octanol–water partition coefficient (Wildman–Crippen LogP) is 9.14. The number of aryl methyl sites for hydroxylation is 1. The molecule has 1 saturated carbocycles. The second-order valence-corrected chi connectivity index (χ2v) is 18.8. The van der Waals surface area contributed by atoms with Crippen LogP contribution >= 0.6 is 11.6 Å². The van der Waals surface area contributed by atoms with Gasteiger partial charge in [0.2, 0.25) is 11.7 Å². The largest absolute Gasteiger partial charge is 0.494 e. The maximum absolute atomic E-state index is 13.1. The van der Waals surface area contributed by atoms with Crippen molar-refractivity contribution in [1.29, 1.82) is 0 Å². The molecule has 12 nitrogen and oxygen atoms in total. The number of rotatable bonds is 17. The van der Waals surface area contributed by atoms with Gasteiger partial charge in [-0.25, -0.2) is 14.8 Å². The zero-order chi connectivity index (χ0) is 45.6. The Hall–Kier alpha value is -6.01. The third-order valence-electron chi connectivity index (χ3n) is 13.9. The number of benzene rings is 3. The minimum atomic E-state index is -1.12. The fraction of sp³-hybridized carbons (Fsp3) is 0.423. The molecule has 3 aliphatic rings. The van der Waals surface area contributed by atoms with Crippen LogP contribution in [-0.4, -0.2) is 70.2 Å². The first kappa shape index (κ1) is 45.6. The van der Waals surface area contributed by atoms with Crippen LogP contribution < -0.4 is 25.4 Å². The number of aliphatic carboxylic acids is 1. The highest BCUT2D eigenvalue weighted by Gasteiger charge is 2.54. The molecule has 340 valence electrons. The summed E-state index contributed by atoms with van der Waals surface area (Å²) < 4.78 is 13.0. The number of carbonyl (C=O) groups excluding carboxylic acids is 2. The van der Waals surface area contributed by atoms with Crippen molar-refractivity contribution >= 4 is 35.1 Å². The molecule has 5 aromatic rings. The Labute approximate surface area is 386 Å². The fourth-order valence-electron chi connectivity index (χ4n) is 10.5. The molecular weight excluding hydrogens is 840 g/mol. The molecule has 1 fully saturated rings. The van der Waals surface area contributed by atoms with E-state index < -0.39 is 11.5 Å². The van der Waals surface area contributed by atoms with Crippen molar-refractivity contribution in [3.8, 4) is 22.6 Å². The number of carbonyl (C=O) groups is 3. The molecule has 0 aliphatic heterocycles. The maximum Gasteiger partial charge on any atom is 0.329 e. The number of anilines is 1. The number of aromatic nitrogens is 3. The zero-order valence-corrected chi connectivity index (χ0v) is 38.3. The summed E-state index contributed by atoms with van der Waals surface area (Å²) >= 11 is 6.32. The van der Waals surface area contributed by atoms with Gasteiger partial charge in [0.25, 0.3) is 5.91 Å². The molecule has 13 heteroatoms. The lowest BCUT2D eigenvalue weighted by atomic mass is 9.59. The fourth-order valence-corrected chi connectivity index (χ4v) is 10.7. The summed E-state index contributed by atoms with van der Waals surface area (Å²) in [7, 11) is 1.53. The third-order valence-corrected chi connectivity index (χ3v) is 14.1. The maximum atomic E-state index is 13.1. The first-order chi connectivity index (χ1) is 31.4. The van der Waals surface area contributed by atoms with Crippen LogP contribution in [0.15, 0.2) is 91.4 Å². The second-order valence-electron chi connectivity index (χ2n) is 18.3. The number of ether oxygens (including phenoxy) is 2. The van der Waals surface area contributed by atoms with Crippen molar-refractivity contribution in [1.82, 2.24) is 25.6 Å². The lowest BCUT2D eigenvalue weighted by Gasteiger charge is -2.47. The first-order valence-electron chi connectivity index (χ1n) is 23.0. The summed E-state index contributed by atoms with van der Waals surface area (Å²) in [5.74, 6) is 1.53. The van der Waals surface area contributed by atoms with E-state index in [1.807, 2.05) is 54.7 Å². The van der Waals surface area contributed by atoms with Gasteiger partial charge in [0.15, 0.2) is 0 Å². The summed E-state index contributed by atoms with van der Waals surface area (Å²) in [6.07, 6.45) is 13.4. The van der Waals surface area contributed by atoms with Crippen molar-refractivity contribution in [2.45, 2.75) is 101 Å². The van der Waals surface area contributed by atoms with Crippen LogP contribution in [0.5, 0.6) is 11.5 Å². The van der Waals surface area contributed by atoms with Gasteiger partial charge in [-0.05, 0) is 146 Å². The number of fused-ring (bicyclic) bond motifs is 3. The van der Waals surface area contributed by atoms with Crippen LogP contribution in [0, 0.1) is 11.8 Å². The van der Waals surface area contributed by atoms with Gasteiger partial charge < -0.3 is 30.5 Å². The van der Waals surface area contributed by atoms with Gasteiger partial charge in [-0.1, -0.05) is 61.8 Å². The van der Waals surface area contributed by atoms with E-state index in [4.69, 9.17) is 21.1 Å². The van der Waals surface area contributed by atoms with Gasteiger partial charge in [0, 0.05) is 59.7 Å². The topological polar surface area (TPSA) is 165 Å². The molecule has 2 amide bonds. The highest BCUT2D eigenvalue weighted by Crippen LogP contribution is 2.57. The molecular formula is C52H59ClN6O6. The van der Waals surface area contributed by atoms with Crippen molar-refractivity contribution in [3.63, 3.8) is 0 Å². The number of halogens is 1. The normalized spacial score (nSPS) is 21.4. The molecule has 3 atom stereocenters. The second kappa shape index (κ2) is 20.0. The number of amides is 2. The molecule has 0 radical (unpaired) electrons. The van der Waals surface area contributed by atoms with Crippen LogP contribution in [0.3, 0.4) is 0 Å². The summed E-state index contributed by atoms with van der Waals surface area (Å²) in [4.78, 5) is 50.9. The molecule has 3 aromatic carbocycles. The van der Waals surface area contributed by atoms with Crippen molar-refractivity contribution in [3.05, 3.63) is 130 Å². The smallest absolute Gasteiger partial charge is 0.329 e. The molecule has 2 heterocycles. The first-order valence-corrected chi connectivity index (χ1v) is 23.4. The molecule has 0 unspecified atom stereocenters. The van der Waals surface area contributed by atoms with Crippen LogP contribution in [0.2, 0.25) is 5.02 Å². The zero-order valence-electron chi connectivity index (χ0n) is 37.5. The Morgan fingerprint density at radius 3 is 2.51 bits per heavy atom. The Morgan fingerprint density at radius 1 is 0.938 bits per heavy atom. The minimum absolute atomic E-state index is 0.0900. The molecule has 1 spiro atoms. The summed E-state index contributed by atoms with van der Waals surface area (Å²) in [6, 6.07) is 23.4. The van der Waals surface area contributed by atoms with Gasteiger partial charge in [0.1, 0.15) is 17.0 Å². The van der Waals surface area contributed by atoms with Crippen LogP contribution in [0.4, 0.5) is 5.69 Å². The van der Waals surface area contributed by atoms with Crippen molar-refractivity contribution in [2.24, 2.45) is 11.8 Å². The Bertz CT molecular complexity index is 2510. The summed E-state index contributed by atoms with van der Waals surface area (Å²) in [5.41, 5.74) is 6.80. The minimum Gasteiger partial charge on any atom is -0.494 e. The highest BCUT2D eigenvalue weighted by atomic mass is 35.5. The lowest BCUT2D eigenvalue weighted by Crippen LogP contribution is -2.53. The monoisotopic (exact) mass is 898 g/mol. The van der Waals surface area contributed by atoms with Crippen LogP contribution in [0.25, 0.3) is 11.1 Å². The molecule has 8 rings (SSSR count). The number of nitrogens with zero attached hydrogens (tertiary/aromatic N) is 3. The van der Waals surface area contributed by atoms with Gasteiger partial charge in [-0.2, -0.15) is 0 Å². The van der Waals surface area contributed by atoms with E-state index in [9.17, 15) is 19.5 Å². The number of hydrogen-bond donors (Lipinski definition) is 4. The number of nitrogens with one attached hydrogen (secondary N) is 3. The number of carboxylic acids is 1. The number of hydrogen-bond acceptors (Lipinski definition) is 9. The Morgan fingerprint density at radius 2 is 1.74 bits per heavy atom. The lowest BCUT2D eigenvalue weighted by molar-refractivity contribution is -0.144. The standard InChI is InChI=1S/C52H59ClN6O6/c1-33(32-65-45-16-22-55-44-13-4-8-34(2)47(44)45)24-39-27-37-14-15-42(29-43(37)51(39)17-19-52(20-18-51,50(62)63)59-41-12-6-11-40(53)28-41)64-23-7-21-56-46(60)26-35-9-5-10-36(25-35)38-30-57-48(58-31-38)49(61)54-3/h5-6,9-12,14-16,22,25,28-31,33-34,39,59H,4,7-8,13,17-21,23-24,26-27,32H2,1-3H3,(H,54,61)(H,56,60)(H,62,63)/t33-,34-,39+,51?,52?/m1/s1. The van der Waals surface area contributed by atoms with Crippen molar-refractivity contribution in [2.75, 3.05) is 32.1 Å². The highest BCUT2D eigenvalue weighted by molar-refractivity contribution is 6.30. The van der Waals surface area contributed by atoms with Gasteiger partial charge in [-0.15, -0.1) is 0 Å². The molecule has 0 bridgehead atoms. The van der Waals surface area contributed by atoms with Crippen LogP contribution in [-0.2, 0) is 34.3 Å². The number of pyridine rings is 1. The molecule has 65 heavy (non-hydrogen) atoms. The molecule has 4 N–H and O–H groups in total. The van der Waals surface area contributed by atoms with E-state index in [1.54, 1.807) is 24.5 Å². The molecule has 3 aliphatic carbocycles. The van der Waals surface area contributed by atoms with Gasteiger partial charge in [-0.3, -0.25) is 14.6 Å². The van der Waals surface area contributed by atoms with E-state index in [0.29, 0.717) is 74.4 Å². The molecule has 0 saturated heterocycles. The predicted molar refractivity (Wildman–Crippen MR) is 252 cm³/mol. The van der Waals surface area contributed by atoms with E-state index in [2.05, 4.69) is 56.9 Å². The quantitative estimate of drug-likeness (QED) is 0.0662.